The van der Waals surface area contributed by atoms with Gasteiger partial charge in [0.1, 0.15) is 5.75 Å². The van der Waals surface area contributed by atoms with Gasteiger partial charge >= 0.3 is 0 Å². The highest BCUT2D eigenvalue weighted by Crippen LogP contribution is 2.25. The molecular weight excluding hydrogens is 482 g/mol. The number of likely N-dealkylation sites (tertiary alicyclic amines) is 1. The number of benzene rings is 3. The molecule has 39 heavy (non-hydrogen) atoms. The molecule has 3 aromatic rings. The van der Waals surface area contributed by atoms with Crippen LogP contribution in [0.4, 0.5) is 0 Å². The van der Waals surface area contributed by atoms with Crippen molar-refractivity contribution in [3.05, 3.63) is 100 Å². The Hall–Kier alpha value is -3.15. The van der Waals surface area contributed by atoms with Crippen LogP contribution in [0.15, 0.2) is 66.7 Å². The average Bonchev–Trinajstić information content (AvgIpc) is 2.95. The zero-order valence-corrected chi connectivity index (χ0v) is 23.5. The summed E-state index contributed by atoms with van der Waals surface area (Å²) in [6, 6.07) is 23.3. The molecule has 3 aromatic carbocycles. The zero-order valence-electron chi connectivity index (χ0n) is 23.5. The number of piperidine rings is 1. The Morgan fingerprint density at radius 2 is 1.59 bits per heavy atom. The van der Waals surface area contributed by atoms with Crippen molar-refractivity contribution in [2.45, 2.75) is 64.6 Å². The summed E-state index contributed by atoms with van der Waals surface area (Å²) >= 11 is 0. The number of rotatable bonds is 5. The molecule has 2 bridgehead atoms. The first-order valence-electron chi connectivity index (χ1n) is 14.7. The van der Waals surface area contributed by atoms with Gasteiger partial charge in [0.05, 0.1) is 6.61 Å². The first kappa shape index (κ1) is 27.4. The highest BCUT2D eigenvalue weighted by Gasteiger charge is 2.14. The van der Waals surface area contributed by atoms with Gasteiger partial charge < -0.3 is 15.0 Å². The molecule has 206 valence electrons. The molecule has 0 spiro atoms. The van der Waals surface area contributed by atoms with E-state index in [-0.39, 0.29) is 5.91 Å². The largest absolute Gasteiger partial charge is 0.493 e. The number of nitrogens with zero attached hydrogens (tertiary/aromatic N) is 2. The predicted molar refractivity (Wildman–Crippen MR) is 158 cm³/mol. The first-order valence-corrected chi connectivity index (χ1v) is 14.7. The van der Waals surface area contributed by atoms with Crippen molar-refractivity contribution >= 4 is 5.91 Å². The van der Waals surface area contributed by atoms with Crippen molar-refractivity contribution in [2.24, 2.45) is 0 Å². The topological polar surface area (TPSA) is 44.8 Å². The predicted octanol–water partition coefficient (Wildman–Crippen LogP) is 6.19. The second-order valence-electron chi connectivity index (χ2n) is 11.3. The van der Waals surface area contributed by atoms with E-state index in [0.717, 1.165) is 55.8 Å². The van der Waals surface area contributed by atoms with E-state index in [2.05, 4.69) is 70.7 Å². The highest BCUT2D eigenvalue weighted by atomic mass is 16.5. The molecule has 0 aliphatic carbocycles. The summed E-state index contributed by atoms with van der Waals surface area (Å²) in [5.41, 5.74) is 6.77. The van der Waals surface area contributed by atoms with Gasteiger partial charge in [-0.05, 0) is 105 Å². The third-order valence-corrected chi connectivity index (χ3v) is 7.90. The van der Waals surface area contributed by atoms with Gasteiger partial charge in [-0.2, -0.15) is 0 Å². The standard InChI is InChI=1S/C34H43N3O2/c1-36-16-4-3-7-19-39-33-15-14-31(23-32(33)22-27-10-8-12-29(20-27)25-36)34(38)35-24-28-11-9-13-30(21-28)26-37-17-5-2-6-18-37/h8-15,20-21,23H,2-7,16-19,22,24-26H2,1H3,(H,35,38). The number of amides is 1. The van der Waals surface area contributed by atoms with E-state index in [1.807, 2.05) is 18.2 Å². The van der Waals surface area contributed by atoms with Crippen molar-refractivity contribution in [2.75, 3.05) is 33.3 Å². The molecule has 0 saturated carbocycles. The van der Waals surface area contributed by atoms with Gasteiger partial charge in [0, 0.05) is 31.6 Å². The minimum absolute atomic E-state index is 0.0472. The van der Waals surface area contributed by atoms with Gasteiger partial charge in [-0.15, -0.1) is 0 Å². The molecule has 0 aromatic heterocycles. The second kappa shape index (κ2) is 13.8. The summed E-state index contributed by atoms with van der Waals surface area (Å²) in [6.45, 7) is 6.64. The Bertz CT molecular complexity index is 1230. The van der Waals surface area contributed by atoms with Gasteiger partial charge in [-0.1, -0.05) is 55.0 Å². The van der Waals surface area contributed by atoms with E-state index < -0.39 is 0 Å². The van der Waals surface area contributed by atoms with Crippen LogP contribution in [0.5, 0.6) is 5.75 Å². The van der Waals surface area contributed by atoms with E-state index in [4.69, 9.17) is 4.74 Å². The maximum atomic E-state index is 13.2. The van der Waals surface area contributed by atoms with E-state index in [1.54, 1.807) is 0 Å². The number of hydrogen-bond acceptors (Lipinski definition) is 4. The molecule has 0 atom stereocenters. The maximum absolute atomic E-state index is 13.2. The summed E-state index contributed by atoms with van der Waals surface area (Å²) < 4.78 is 6.22. The SMILES string of the molecule is CN1CCCCCOc2ccc(C(=O)NCc3cccc(CN4CCCCC4)c3)cc2Cc2cccc(c2)C1. The van der Waals surface area contributed by atoms with Crippen LogP contribution in [0.1, 0.15) is 76.7 Å². The highest BCUT2D eigenvalue weighted by molar-refractivity contribution is 5.94. The molecule has 5 rings (SSSR count). The fourth-order valence-electron chi connectivity index (χ4n) is 5.79. The Balaban J connectivity index is 1.27. The molecule has 1 saturated heterocycles. The van der Waals surface area contributed by atoms with Crippen LogP contribution >= 0.6 is 0 Å². The lowest BCUT2D eigenvalue weighted by Gasteiger charge is -2.26. The molecule has 2 heterocycles. The van der Waals surface area contributed by atoms with Crippen LogP contribution < -0.4 is 10.1 Å². The fraction of sp³-hybridized carbons (Fsp3) is 0.441. The number of fused-ring (bicyclic) bond motifs is 3. The minimum atomic E-state index is -0.0472. The number of carbonyl (C=O) groups is 1. The molecule has 0 radical (unpaired) electrons. The summed E-state index contributed by atoms with van der Waals surface area (Å²) in [7, 11) is 2.19. The van der Waals surface area contributed by atoms with Gasteiger partial charge in [-0.25, -0.2) is 0 Å². The maximum Gasteiger partial charge on any atom is 0.251 e. The van der Waals surface area contributed by atoms with Gasteiger partial charge in [0.15, 0.2) is 0 Å². The van der Waals surface area contributed by atoms with E-state index in [1.165, 1.54) is 55.5 Å². The van der Waals surface area contributed by atoms with Crippen LogP contribution in [0.3, 0.4) is 0 Å². The quantitative estimate of drug-likeness (QED) is 0.432. The van der Waals surface area contributed by atoms with Crippen molar-refractivity contribution in [3.8, 4) is 5.75 Å². The number of hydrogen-bond donors (Lipinski definition) is 1. The number of ether oxygens (including phenoxy) is 1. The van der Waals surface area contributed by atoms with Gasteiger partial charge in [0.2, 0.25) is 0 Å². The lowest BCUT2D eigenvalue weighted by molar-refractivity contribution is 0.0950. The fourth-order valence-corrected chi connectivity index (χ4v) is 5.79. The van der Waals surface area contributed by atoms with Crippen LogP contribution in [0.25, 0.3) is 0 Å². The van der Waals surface area contributed by atoms with Crippen LogP contribution in [0, 0.1) is 0 Å². The summed E-state index contributed by atoms with van der Waals surface area (Å²) in [4.78, 5) is 18.1. The van der Waals surface area contributed by atoms with Crippen LogP contribution in [-0.4, -0.2) is 49.0 Å². The zero-order chi connectivity index (χ0) is 26.9. The second-order valence-corrected chi connectivity index (χ2v) is 11.3. The number of nitrogens with one attached hydrogen (secondary N) is 1. The van der Waals surface area contributed by atoms with E-state index in [0.29, 0.717) is 18.7 Å². The normalized spacial score (nSPS) is 17.5. The molecule has 0 unspecified atom stereocenters. The van der Waals surface area contributed by atoms with Crippen molar-refractivity contribution in [1.82, 2.24) is 15.1 Å². The van der Waals surface area contributed by atoms with Gasteiger partial charge in [0.25, 0.3) is 5.91 Å². The Kier molecular flexibility index (Phi) is 9.68. The summed E-state index contributed by atoms with van der Waals surface area (Å²) in [5.74, 6) is 0.838. The molecule has 5 nitrogen and oxygen atoms in total. The minimum Gasteiger partial charge on any atom is -0.493 e. The van der Waals surface area contributed by atoms with E-state index >= 15 is 0 Å². The van der Waals surface area contributed by atoms with Gasteiger partial charge in [-0.3, -0.25) is 9.69 Å². The third kappa shape index (κ3) is 8.17. The molecule has 2 aliphatic heterocycles. The van der Waals surface area contributed by atoms with E-state index in [9.17, 15) is 4.79 Å². The average molecular weight is 526 g/mol. The molecule has 1 amide bonds. The molecular formula is C34H43N3O2. The molecule has 1 N–H and O–H groups in total. The molecule has 2 aliphatic rings. The monoisotopic (exact) mass is 525 g/mol. The summed E-state index contributed by atoms with van der Waals surface area (Å²) in [6.07, 6.45) is 8.05. The summed E-state index contributed by atoms with van der Waals surface area (Å²) in [5, 5.41) is 3.15. The number of carbonyl (C=O) groups excluding carboxylic acids is 1. The third-order valence-electron chi connectivity index (χ3n) is 7.90. The van der Waals surface area contributed by atoms with Crippen molar-refractivity contribution in [1.29, 1.82) is 0 Å². The van der Waals surface area contributed by atoms with Crippen molar-refractivity contribution < 1.29 is 9.53 Å². The Morgan fingerprint density at radius 3 is 2.49 bits per heavy atom. The van der Waals surface area contributed by atoms with Crippen LogP contribution in [-0.2, 0) is 26.1 Å². The lowest BCUT2D eigenvalue weighted by atomic mass is 9.99. The van der Waals surface area contributed by atoms with Crippen molar-refractivity contribution in [3.63, 3.8) is 0 Å². The Labute approximate surface area is 234 Å². The first-order chi connectivity index (χ1) is 19.1. The van der Waals surface area contributed by atoms with Crippen LogP contribution in [0.2, 0.25) is 0 Å². The smallest absolute Gasteiger partial charge is 0.251 e. The Morgan fingerprint density at radius 1 is 0.821 bits per heavy atom. The molecule has 5 heteroatoms. The lowest BCUT2D eigenvalue weighted by Crippen LogP contribution is -2.29. The molecule has 1 fully saturated rings.